The van der Waals surface area contributed by atoms with Gasteiger partial charge in [-0.15, -0.1) is 0 Å². The Kier molecular flexibility index (Phi) is 1.85. The second kappa shape index (κ2) is 3.20. The molecule has 0 bridgehead atoms. The molecule has 4 nitrogen and oxygen atoms in total. The normalized spacial score (nSPS) is 11.0. The van der Waals surface area contributed by atoms with Crippen LogP contribution in [0.4, 0.5) is 0 Å². The van der Waals surface area contributed by atoms with Gasteiger partial charge in [0.15, 0.2) is 0 Å². The first-order valence-electron chi connectivity index (χ1n) is 4.47. The van der Waals surface area contributed by atoms with E-state index in [2.05, 4.69) is 31.1 Å². The maximum Gasteiger partial charge on any atom is 0.137 e. The van der Waals surface area contributed by atoms with E-state index >= 15 is 0 Å². The average molecular weight is 263 g/mol. The number of hydrogen-bond donors (Lipinski definition) is 1. The van der Waals surface area contributed by atoms with Gasteiger partial charge >= 0.3 is 0 Å². The molecule has 0 radical (unpaired) electrons. The van der Waals surface area contributed by atoms with Crippen LogP contribution in [0.5, 0.6) is 0 Å². The number of fused-ring (bicyclic) bond motifs is 1. The van der Waals surface area contributed by atoms with Crippen molar-refractivity contribution in [2.75, 3.05) is 0 Å². The number of imidazole rings is 1. The molecule has 0 unspecified atom stereocenters. The van der Waals surface area contributed by atoms with E-state index < -0.39 is 0 Å². The van der Waals surface area contributed by atoms with Gasteiger partial charge in [0.25, 0.3) is 0 Å². The zero-order valence-electron chi connectivity index (χ0n) is 7.68. The van der Waals surface area contributed by atoms with Crippen molar-refractivity contribution in [3.8, 4) is 11.4 Å². The Bertz CT molecular complexity index is 597. The van der Waals surface area contributed by atoms with Gasteiger partial charge in [0.1, 0.15) is 5.65 Å². The van der Waals surface area contributed by atoms with E-state index in [4.69, 9.17) is 0 Å². The lowest BCUT2D eigenvalue weighted by molar-refractivity contribution is 1.08. The van der Waals surface area contributed by atoms with Gasteiger partial charge < -0.3 is 0 Å². The minimum Gasteiger partial charge on any atom is -0.297 e. The molecule has 3 aromatic heterocycles. The molecule has 3 aromatic rings. The van der Waals surface area contributed by atoms with E-state index in [1.165, 1.54) is 0 Å². The summed E-state index contributed by atoms with van der Waals surface area (Å²) in [5.74, 6) is 0. The number of rotatable bonds is 1. The van der Waals surface area contributed by atoms with Crippen molar-refractivity contribution in [3.63, 3.8) is 0 Å². The van der Waals surface area contributed by atoms with Crippen LogP contribution in [0.1, 0.15) is 0 Å². The summed E-state index contributed by atoms with van der Waals surface area (Å²) in [5.41, 5.74) is 2.88. The first kappa shape index (κ1) is 8.67. The lowest BCUT2D eigenvalue weighted by Crippen LogP contribution is -1.88. The van der Waals surface area contributed by atoms with Crippen molar-refractivity contribution < 1.29 is 0 Å². The van der Waals surface area contributed by atoms with Gasteiger partial charge in [-0.1, -0.05) is 0 Å². The molecule has 15 heavy (non-hydrogen) atoms. The highest BCUT2D eigenvalue weighted by Crippen LogP contribution is 2.20. The monoisotopic (exact) mass is 262 g/mol. The summed E-state index contributed by atoms with van der Waals surface area (Å²) in [7, 11) is 0. The first-order chi connectivity index (χ1) is 7.34. The van der Waals surface area contributed by atoms with Crippen molar-refractivity contribution in [1.29, 1.82) is 0 Å². The fourth-order valence-electron chi connectivity index (χ4n) is 1.55. The summed E-state index contributed by atoms with van der Waals surface area (Å²) < 4.78 is 3.03. The molecule has 0 spiro atoms. The van der Waals surface area contributed by atoms with Crippen molar-refractivity contribution >= 4 is 21.6 Å². The van der Waals surface area contributed by atoms with Crippen molar-refractivity contribution in [3.05, 3.63) is 41.3 Å². The summed E-state index contributed by atoms with van der Waals surface area (Å²) in [6.45, 7) is 0. The molecule has 3 rings (SSSR count). The lowest BCUT2D eigenvalue weighted by Gasteiger charge is -1.99. The molecule has 1 N–H and O–H groups in total. The molecular weight excluding hydrogens is 256 g/mol. The molecule has 0 aliphatic carbocycles. The van der Waals surface area contributed by atoms with Crippen molar-refractivity contribution in [1.82, 2.24) is 19.6 Å². The molecule has 0 amide bonds. The summed E-state index contributed by atoms with van der Waals surface area (Å²) >= 11 is 3.44. The summed E-state index contributed by atoms with van der Waals surface area (Å²) in [5, 5.41) is 6.85. The predicted octanol–water partition coefficient (Wildman–Crippen LogP) is 2.49. The van der Waals surface area contributed by atoms with Crippen LogP contribution in [-0.4, -0.2) is 19.6 Å². The van der Waals surface area contributed by atoms with Gasteiger partial charge in [-0.3, -0.25) is 9.50 Å². The Balaban J connectivity index is 2.32. The van der Waals surface area contributed by atoms with Gasteiger partial charge in [0, 0.05) is 16.9 Å². The third kappa shape index (κ3) is 1.35. The molecule has 0 saturated heterocycles. The molecule has 0 aliphatic rings. The zero-order chi connectivity index (χ0) is 10.3. The molecule has 5 heteroatoms. The Morgan fingerprint density at radius 3 is 3.00 bits per heavy atom. The van der Waals surface area contributed by atoms with Crippen LogP contribution < -0.4 is 0 Å². The van der Waals surface area contributed by atoms with Crippen molar-refractivity contribution in [2.24, 2.45) is 0 Å². The number of pyridine rings is 1. The fraction of sp³-hybridized carbons (Fsp3) is 0. The second-order valence-electron chi connectivity index (χ2n) is 3.19. The average Bonchev–Trinajstić information content (AvgIpc) is 2.83. The first-order valence-corrected chi connectivity index (χ1v) is 5.26. The maximum atomic E-state index is 4.31. The molecule has 0 fully saturated rings. The minimum atomic E-state index is 0.919. The van der Waals surface area contributed by atoms with Crippen LogP contribution in [0.15, 0.2) is 41.3 Å². The Hall–Kier alpha value is -1.62. The Morgan fingerprint density at radius 1 is 1.27 bits per heavy atom. The summed E-state index contributed by atoms with van der Waals surface area (Å²) in [6.07, 6.45) is 5.54. The van der Waals surface area contributed by atoms with E-state index in [9.17, 15) is 0 Å². The standard InChI is InChI=1S/C10H7BrN4/c11-7-1-2-10-12-5-9(15(10)6-7)8-3-4-13-14-8/h1-6H,(H,13,14). The Labute approximate surface area is 94.1 Å². The molecule has 0 atom stereocenters. The van der Waals surface area contributed by atoms with Crippen LogP contribution in [0.3, 0.4) is 0 Å². The van der Waals surface area contributed by atoms with Crippen LogP contribution in [0, 0.1) is 0 Å². The number of H-pyrrole nitrogens is 1. The molecule has 74 valence electrons. The highest BCUT2D eigenvalue weighted by atomic mass is 79.9. The SMILES string of the molecule is Brc1ccc2ncc(-c3ccn[nH]3)n2c1. The highest BCUT2D eigenvalue weighted by molar-refractivity contribution is 9.10. The smallest absolute Gasteiger partial charge is 0.137 e. The third-order valence-corrected chi connectivity index (χ3v) is 2.72. The minimum absolute atomic E-state index is 0.919. The van der Waals surface area contributed by atoms with E-state index in [1.807, 2.05) is 35.0 Å². The number of hydrogen-bond acceptors (Lipinski definition) is 2. The summed E-state index contributed by atoms with van der Waals surface area (Å²) in [6, 6.07) is 5.85. The molecule has 0 saturated carbocycles. The van der Waals surface area contributed by atoms with Gasteiger partial charge in [0.2, 0.25) is 0 Å². The van der Waals surface area contributed by atoms with Crippen LogP contribution in [0.25, 0.3) is 17.0 Å². The lowest BCUT2D eigenvalue weighted by atomic mass is 10.3. The largest absolute Gasteiger partial charge is 0.297 e. The quantitative estimate of drug-likeness (QED) is 0.733. The van der Waals surface area contributed by atoms with E-state index in [0.29, 0.717) is 0 Å². The number of aromatic amines is 1. The number of halogens is 1. The number of nitrogens with zero attached hydrogens (tertiary/aromatic N) is 3. The highest BCUT2D eigenvalue weighted by Gasteiger charge is 2.06. The molecule has 3 heterocycles. The van der Waals surface area contributed by atoms with Crippen LogP contribution >= 0.6 is 15.9 Å². The van der Waals surface area contributed by atoms with Gasteiger partial charge in [-0.05, 0) is 34.1 Å². The third-order valence-electron chi connectivity index (χ3n) is 2.25. The van der Waals surface area contributed by atoms with Crippen LogP contribution in [-0.2, 0) is 0 Å². The predicted molar refractivity (Wildman–Crippen MR) is 60.5 cm³/mol. The number of aromatic nitrogens is 4. The molecular formula is C10H7BrN4. The maximum absolute atomic E-state index is 4.31. The van der Waals surface area contributed by atoms with E-state index in [0.717, 1.165) is 21.5 Å². The fourth-order valence-corrected chi connectivity index (χ4v) is 1.89. The number of nitrogens with one attached hydrogen (secondary N) is 1. The Morgan fingerprint density at radius 2 is 2.20 bits per heavy atom. The zero-order valence-corrected chi connectivity index (χ0v) is 9.27. The van der Waals surface area contributed by atoms with Crippen molar-refractivity contribution in [2.45, 2.75) is 0 Å². The van der Waals surface area contributed by atoms with Gasteiger partial charge in [-0.25, -0.2) is 4.98 Å². The topological polar surface area (TPSA) is 46.0 Å². The summed E-state index contributed by atoms with van der Waals surface area (Å²) in [4.78, 5) is 4.31. The van der Waals surface area contributed by atoms with E-state index in [1.54, 1.807) is 6.20 Å². The van der Waals surface area contributed by atoms with Crippen LogP contribution in [0.2, 0.25) is 0 Å². The molecule has 0 aliphatic heterocycles. The molecule has 0 aromatic carbocycles. The van der Waals surface area contributed by atoms with E-state index in [-0.39, 0.29) is 0 Å². The second-order valence-corrected chi connectivity index (χ2v) is 4.10. The van der Waals surface area contributed by atoms with Gasteiger partial charge in [-0.2, -0.15) is 5.10 Å². The van der Waals surface area contributed by atoms with Gasteiger partial charge in [0.05, 0.1) is 17.6 Å².